The topological polar surface area (TPSA) is 120 Å². The highest BCUT2D eigenvalue weighted by atomic mass is 16.5. The fourth-order valence-corrected chi connectivity index (χ4v) is 3.86. The second kappa shape index (κ2) is 11.1. The van der Waals surface area contributed by atoms with Gasteiger partial charge in [0.25, 0.3) is 5.91 Å². The van der Waals surface area contributed by atoms with Crippen molar-refractivity contribution in [2.75, 3.05) is 46.4 Å². The number of carbonyl (C=O) groups excluding carboxylic acids is 4. The SMILES string of the molecule is CC(C)[C@H]1NC(=O)C[C@@H](C(=O)N2CCN(C)CC2)NC(=O)c2ccccc2OCCNC1=O. The van der Waals surface area contributed by atoms with Crippen LogP contribution in [0.2, 0.25) is 0 Å². The minimum absolute atomic E-state index is 0.151. The third-order valence-corrected chi connectivity index (χ3v) is 5.86. The van der Waals surface area contributed by atoms with Gasteiger partial charge >= 0.3 is 0 Å². The lowest BCUT2D eigenvalue weighted by Gasteiger charge is -2.35. The van der Waals surface area contributed by atoms with Gasteiger partial charge in [0.1, 0.15) is 24.4 Å². The van der Waals surface area contributed by atoms with Crippen molar-refractivity contribution in [2.24, 2.45) is 5.92 Å². The summed E-state index contributed by atoms with van der Waals surface area (Å²) in [5, 5.41) is 8.22. The maximum atomic E-state index is 13.3. The number of ether oxygens (including phenoxy) is 1. The predicted molar refractivity (Wildman–Crippen MR) is 122 cm³/mol. The van der Waals surface area contributed by atoms with Crippen molar-refractivity contribution < 1.29 is 23.9 Å². The summed E-state index contributed by atoms with van der Waals surface area (Å²) >= 11 is 0. The monoisotopic (exact) mass is 459 g/mol. The van der Waals surface area contributed by atoms with E-state index in [9.17, 15) is 19.2 Å². The first kappa shape index (κ1) is 24.5. The van der Waals surface area contributed by atoms with Crippen LogP contribution in [0, 0.1) is 5.92 Å². The highest BCUT2D eigenvalue weighted by Gasteiger charge is 2.32. The molecule has 33 heavy (non-hydrogen) atoms. The van der Waals surface area contributed by atoms with E-state index < -0.39 is 23.9 Å². The molecule has 0 aliphatic carbocycles. The normalized spacial score (nSPS) is 23.5. The maximum Gasteiger partial charge on any atom is 0.255 e. The average molecular weight is 460 g/mol. The summed E-state index contributed by atoms with van der Waals surface area (Å²) in [4.78, 5) is 55.6. The molecule has 0 unspecified atom stereocenters. The van der Waals surface area contributed by atoms with Crippen LogP contribution in [0.15, 0.2) is 24.3 Å². The summed E-state index contributed by atoms with van der Waals surface area (Å²) in [6.45, 7) is 6.48. The molecule has 0 radical (unpaired) electrons. The Morgan fingerprint density at radius 2 is 1.76 bits per heavy atom. The second-order valence-electron chi connectivity index (χ2n) is 8.78. The Morgan fingerprint density at radius 3 is 2.45 bits per heavy atom. The molecule has 1 aromatic carbocycles. The predicted octanol–water partition coefficient (Wildman–Crippen LogP) is -0.401. The largest absolute Gasteiger partial charge is 0.491 e. The summed E-state index contributed by atoms with van der Waals surface area (Å²) < 4.78 is 5.73. The van der Waals surface area contributed by atoms with Gasteiger partial charge < -0.3 is 30.5 Å². The van der Waals surface area contributed by atoms with Gasteiger partial charge in [-0.15, -0.1) is 0 Å². The first-order valence-corrected chi connectivity index (χ1v) is 11.3. The Hall–Kier alpha value is -3.14. The smallest absolute Gasteiger partial charge is 0.255 e. The number of nitrogens with one attached hydrogen (secondary N) is 3. The molecule has 3 N–H and O–H groups in total. The number of para-hydroxylation sites is 1. The van der Waals surface area contributed by atoms with Crippen molar-refractivity contribution in [3.63, 3.8) is 0 Å². The number of rotatable bonds is 2. The fraction of sp³-hybridized carbons (Fsp3) is 0.565. The molecule has 2 aliphatic heterocycles. The van der Waals surface area contributed by atoms with Crippen LogP contribution in [-0.4, -0.2) is 91.9 Å². The number of fused-ring (bicyclic) bond motifs is 1. The number of hydrogen-bond donors (Lipinski definition) is 3. The number of carbonyl (C=O) groups is 4. The van der Waals surface area contributed by atoms with E-state index >= 15 is 0 Å². The number of likely N-dealkylation sites (N-methyl/N-ethyl adjacent to an activating group) is 1. The Bertz CT molecular complexity index is 882. The van der Waals surface area contributed by atoms with Gasteiger partial charge in [-0.05, 0) is 25.1 Å². The van der Waals surface area contributed by atoms with Crippen LogP contribution in [0.1, 0.15) is 30.6 Å². The van der Waals surface area contributed by atoms with Gasteiger partial charge in [-0.1, -0.05) is 26.0 Å². The van der Waals surface area contributed by atoms with Crippen LogP contribution >= 0.6 is 0 Å². The molecule has 2 atom stereocenters. The van der Waals surface area contributed by atoms with Gasteiger partial charge in [0.2, 0.25) is 17.7 Å². The second-order valence-corrected chi connectivity index (χ2v) is 8.78. The molecule has 2 aliphatic rings. The summed E-state index contributed by atoms with van der Waals surface area (Å²) in [7, 11) is 1.98. The molecular formula is C23H33N5O5. The molecule has 0 aromatic heterocycles. The van der Waals surface area contributed by atoms with Crippen molar-refractivity contribution in [3.05, 3.63) is 29.8 Å². The molecule has 10 heteroatoms. The van der Waals surface area contributed by atoms with Gasteiger partial charge in [0.15, 0.2) is 0 Å². The van der Waals surface area contributed by atoms with E-state index in [4.69, 9.17) is 4.74 Å². The molecule has 1 saturated heterocycles. The molecule has 0 bridgehead atoms. The lowest BCUT2D eigenvalue weighted by Crippen LogP contribution is -2.56. The highest BCUT2D eigenvalue weighted by Crippen LogP contribution is 2.19. The number of nitrogens with zero attached hydrogens (tertiary/aromatic N) is 2. The molecule has 1 fully saturated rings. The van der Waals surface area contributed by atoms with Gasteiger partial charge in [-0.25, -0.2) is 0 Å². The van der Waals surface area contributed by atoms with E-state index in [0.29, 0.717) is 31.9 Å². The Kier molecular flexibility index (Phi) is 8.26. The lowest BCUT2D eigenvalue weighted by atomic mass is 10.0. The van der Waals surface area contributed by atoms with E-state index in [2.05, 4.69) is 20.9 Å². The van der Waals surface area contributed by atoms with Gasteiger partial charge in [0.05, 0.1) is 18.5 Å². The Balaban J connectivity index is 1.88. The van der Waals surface area contributed by atoms with Crippen LogP contribution in [0.3, 0.4) is 0 Å². The van der Waals surface area contributed by atoms with E-state index in [1.54, 1.807) is 29.2 Å². The number of benzene rings is 1. The fourth-order valence-electron chi connectivity index (χ4n) is 3.86. The molecule has 180 valence electrons. The minimum atomic E-state index is -1.06. The van der Waals surface area contributed by atoms with Crippen LogP contribution < -0.4 is 20.7 Å². The molecule has 0 spiro atoms. The standard InChI is InChI=1S/C23H33N5O5/c1-15(2)20-22(31)24-8-13-33-18-7-5-4-6-16(18)21(30)25-17(14-19(29)26-20)23(32)28-11-9-27(3)10-12-28/h4-7,15,17,20H,8-14H2,1-3H3,(H,24,31)(H,25,30)(H,26,29)/t17-,20+/m0/s1. The number of piperazine rings is 1. The molecule has 10 nitrogen and oxygen atoms in total. The first-order chi connectivity index (χ1) is 15.8. The van der Waals surface area contributed by atoms with Gasteiger partial charge in [-0.2, -0.15) is 0 Å². The summed E-state index contributed by atoms with van der Waals surface area (Å²) in [5.74, 6) is -1.42. The van der Waals surface area contributed by atoms with E-state index in [0.717, 1.165) is 0 Å². The number of hydrogen-bond acceptors (Lipinski definition) is 6. The van der Waals surface area contributed by atoms with E-state index in [1.807, 2.05) is 20.9 Å². The van der Waals surface area contributed by atoms with Crippen molar-refractivity contribution in [1.29, 1.82) is 0 Å². The zero-order valence-electron chi connectivity index (χ0n) is 19.4. The zero-order valence-corrected chi connectivity index (χ0v) is 19.4. The minimum Gasteiger partial charge on any atom is -0.491 e. The molecule has 2 heterocycles. The van der Waals surface area contributed by atoms with E-state index in [-0.39, 0.29) is 42.9 Å². The quantitative estimate of drug-likeness (QED) is 0.554. The van der Waals surface area contributed by atoms with Crippen LogP contribution in [0.5, 0.6) is 5.75 Å². The third-order valence-electron chi connectivity index (χ3n) is 5.86. The van der Waals surface area contributed by atoms with Crippen molar-refractivity contribution >= 4 is 23.6 Å². The average Bonchev–Trinajstić information content (AvgIpc) is 2.79. The third kappa shape index (κ3) is 6.44. The molecule has 1 aromatic rings. The Morgan fingerprint density at radius 1 is 1.06 bits per heavy atom. The van der Waals surface area contributed by atoms with Crippen LogP contribution in [0.4, 0.5) is 0 Å². The van der Waals surface area contributed by atoms with Crippen molar-refractivity contribution in [1.82, 2.24) is 25.8 Å². The molecular weight excluding hydrogens is 426 g/mol. The van der Waals surface area contributed by atoms with Gasteiger partial charge in [0, 0.05) is 26.2 Å². The summed E-state index contributed by atoms with van der Waals surface area (Å²) in [6, 6.07) is 4.87. The molecule has 4 amide bonds. The maximum absolute atomic E-state index is 13.3. The zero-order chi connectivity index (χ0) is 24.0. The van der Waals surface area contributed by atoms with Crippen LogP contribution in [0.25, 0.3) is 0 Å². The van der Waals surface area contributed by atoms with E-state index in [1.165, 1.54) is 0 Å². The summed E-state index contributed by atoms with van der Waals surface area (Å²) in [5.41, 5.74) is 0.262. The number of amides is 4. The van der Waals surface area contributed by atoms with Crippen molar-refractivity contribution in [2.45, 2.75) is 32.4 Å². The molecule has 3 rings (SSSR count). The summed E-state index contributed by atoms with van der Waals surface area (Å²) in [6.07, 6.45) is -0.267. The van der Waals surface area contributed by atoms with Gasteiger partial charge in [-0.3, -0.25) is 19.2 Å². The first-order valence-electron chi connectivity index (χ1n) is 11.3. The van der Waals surface area contributed by atoms with Crippen LogP contribution in [-0.2, 0) is 14.4 Å². The lowest BCUT2D eigenvalue weighted by molar-refractivity contribution is -0.137. The Labute approximate surface area is 194 Å². The highest BCUT2D eigenvalue weighted by molar-refractivity contribution is 6.01. The molecule has 0 saturated carbocycles. The van der Waals surface area contributed by atoms with Crippen molar-refractivity contribution in [3.8, 4) is 5.75 Å².